The molecule has 0 saturated heterocycles. The zero-order valence-electron chi connectivity index (χ0n) is 20.1. The second kappa shape index (κ2) is 11.9. The van der Waals surface area contributed by atoms with Gasteiger partial charge in [-0.15, -0.1) is 0 Å². The fraction of sp³-hybridized carbons (Fsp3) is 0.462. The lowest BCUT2D eigenvalue weighted by molar-refractivity contribution is -0.138. The van der Waals surface area contributed by atoms with E-state index in [-0.39, 0.29) is 23.8 Å². The number of hydrogen-bond acceptors (Lipinski definition) is 3. The van der Waals surface area contributed by atoms with E-state index in [1.54, 1.807) is 24.3 Å². The van der Waals surface area contributed by atoms with Crippen LogP contribution in [-0.2, 0) is 11.3 Å². The van der Waals surface area contributed by atoms with Crippen LogP contribution in [0.3, 0.4) is 0 Å². The van der Waals surface area contributed by atoms with Crippen molar-refractivity contribution < 1.29 is 9.59 Å². The topological polar surface area (TPSA) is 52.7 Å². The first-order valence-electron chi connectivity index (χ1n) is 11.4. The molecule has 2 amide bonds. The van der Waals surface area contributed by atoms with Crippen LogP contribution < -0.4 is 10.2 Å². The predicted octanol–water partition coefficient (Wildman–Crippen LogP) is 6.22. The lowest BCUT2D eigenvalue weighted by atomic mass is 9.99. The van der Waals surface area contributed by atoms with Crippen molar-refractivity contribution in [2.75, 3.05) is 24.3 Å². The van der Waals surface area contributed by atoms with Gasteiger partial charge in [0.05, 0.1) is 10.6 Å². The van der Waals surface area contributed by atoms with E-state index in [0.29, 0.717) is 22.8 Å². The quantitative estimate of drug-likeness (QED) is 0.460. The van der Waals surface area contributed by atoms with Crippen molar-refractivity contribution >= 4 is 34.8 Å². The highest BCUT2D eigenvalue weighted by molar-refractivity contribution is 6.34. The molecular weight excluding hydrogens is 422 g/mol. The van der Waals surface area contributed by atoms with Crippen molar-refractivity contribution in [1.29, 1.82) is 0 Å². The number of nitrogens with zero attached hydrogens (tertiary/aromatic N) is 2. The van der Waals surface area contributed by atoms with Crippen molar-refractivity contribution in [1.82, 2.24) is 4.90 Å². The molecule has 174 valence electrons. The fourth-order valence-electron chi connectivity index (χ4n) is 3.80. The molecule has 0 aliphatic rings. The Balaban J connectivity index is 2.38. The maximum Gasteiger partial charge on any atom is 0.257 e. The molecule has 1 N–H and O–H groups in total. The predicted molar refractivity (Wildman–Crippen MR) is 135 cm³/mol. The van der Waals surface area contributed by atoms with E-state index in [4.69, 9.17) is 11.6 Å². The normalized spacial score (nSPS) is 11.9. The molecule has 0 radical (unpaired) electrons. The number of benzene rings is 2. The number of hydrogen-bond donors (Lipinski definition) is 1. The van der Waals surface area contributed by atoms with E-state index in [1.807, 2.05) is 42.1 Å². The van der Waals surface area contributed by atoms with Crippen LogP contribution in [0.4, 0.5) is 11.4 Å². The Morgan fingerprint density at radius 2 is 1.66 bits per heavy atom. The Bertz CT molecular complexity index is 925. The largest absolute Gasteiger partial charge is 0.377 e. The van der Waals surface area contributed by atoms with Gasteiger partial charge in [0, 0.05) is 44.0 Å². The molecule has 0 bridgehead atoms. The van der Waals surface area contributed by atoms with Gasteiger partial charge in [-0.25, -0.2) is 0 Å². The van der Waals surface area contributed by atoms with Crippen LogP contribution >= 0.6 is 11.6 Å². The highest BCUT2D eigenvalue weighted by atomic mass is 35.5. The standard InChI is InChI=1S/C26H36ClN3O2/c1-7-18(4)30(26(32)19(8-2)9-3)17-20-16-21(14-15-24(20)29(5)6)28-25(31)22-12-10-11-13-23(22)27/h10-16,18-19H,7-9,17H2,1-6H3,(H,28,31). The van der Waals surface area contributed by atoms with Crippen molar-refractivity contribution in [2.45, 2.75) is 59.5 Å². The number of rotatable bonds is 10. The van der Waals surface area contributed by atoms with Crippen LogP contribution in [-0.4, -0.2) is 36.9 Å². The van der Waals surface area contributed by atoms with Gasteiger partial charge in [-0.2, -0.15) is 0 Å². The fourth-order valence-corrected chi connectivity index (χ4v) is 4.02. The second-order valence-electron chi connectivity index (χ2n) is 8.41. The van der Waals surface area contributed by atoms with Crippen LogP contribution in [0.2, 0.25) is 5.02 Å². The molecule has 0 fully saturated rings. The van der Waals surface area contributed by atoms with Crippen LogP contribution in [0.1, 0.15) is 62.9 Å². The first-order chi connectivity index (χ1) is 15.2. The molecule has 0 aromatic heterocycles. The number of anilines is 2. The summed E-state index contributed by atoms with van der Waals surface area (Å²) in [5, 5.41) is 3.36. The summed E-state index contributed by atoms with van der Waals surface area (Å²) in [6.45, 7) is 8.82. The van der Waals surface area contributed by atoms with Gasteiger partial charge in [-0.05, 0) is 62.1 Å². The Morgan fingerprint density at radius 3 is 2.22 bits per heavy atom. The smallest absolute Gasteiger partial charge is 0.257 e. The average molecular weight is 458 g/mol. The first-order valence-corrected chi connectivity index (χ1v) is 11.8. The Hall–Kier alpha value is -2.53. The third-order valence-corrected chi connectivity index (χ3v) is 6.35. The molecule has 1 unspecified atom stereocenters. The Morgan fingerprint density at radius 1 is 1.00 bits per heavy atom. The summed E-state index contributed by atoms with van der Waals surface area (Å²) >= 11 is 6.18. The summed E-state index contributed by atoms with van der Waals surface area (Å²) in [6.07, 6.45) is 2.54. The summed E-state index contributed by atoms with van der Waals surface area (Å²) in [4.78, 5) is 30.1. The van der Waals surface area contributed by atoms with Crippen molar-refractivity contribution in [3.05, 3.63) is 58.6 Å². The van der Waals surface area contributed by atoms with E-state index in [9.17, 15) is 9.59 Å². The monoisotopic (exact) mass is 457 g/mol. The zero-order valence-corrected chi connectivity index (χ0v) is 20.9. The number of amides is 2. The van der Waals surface area contributed by atoms with Crippen LogP contribution in [0, 0.1) is 5.92 Å². The summed E-state index contributed by atoms with van der Waals surface area (Å²) in [7, 11) is 3.97. The first kappa shape index (κ1) is 25.7. The maximum absolute atomic E-state index is 13.3. The number of halogens is 1. The van der Waals surface area contributed by atoms with Gasteiger partial charge in [-0.3, -0.25) is 9.59 Å². The van der Waals surface area contributed by atoms with Crippen LogP contribution in [0.15, 0.2) is 42.5 Å². The molecular formula is C26H36ClN3O2. The molecule has 6 heteroatoms. The van der Waals surface area contributed by atoms with Crippen LogP contribution in [0.5, 0.6) is 0 Å². The zero-order chi connectivity index (χ0) is 23.8. The SMILES string of the molecule is CCC(CC)C(=O)N(Cc1cc(NC(=O)c2ccccc2Cl)ccc1N(C)C)C(C)CC. The minimum Gasteiger partial charge on any atom is -0.377 e. The third kappa shape index (κ3) is 6.26. The molecule has 2 rings (SSSR count). The maximum atomic E-state index is 13.3. The molecule has 2 aromatic carbocycles. The molecule has 0 aliphatic heterocycles. The van der Waals surface area contributed by atoms with E-state index < -0.39 is 0 Å². The minimum atomic E-state index is -0.258. The lowest BCUT2D eigenvalue weighted by Crippen LogP contribution is -2.41. The number of carbonyl (C=O) groups is 2. The molecule has 2 aromatic rings. The van der Waals surface area contributed by atoms with Crippen molar-refractivity contribution in [2.24, 2.45) is 5.92 Å². The molecule has 5 nitrogen and oxygen atoms in total. The lowest BCUT2D eigenvalue weighted by Gasteiger charge is -2.33. The van der Waals surface area contributed by atoms with Gasteiger partial charge in [-0.1, -0.05) is 44.5 Å². The Labute approximate surface area is 197 Å². The summed E-state index contributed by atoms with van der Waals surface area (Å²) < 4.78 is 0. The molecule has 32 heavy (non-hydrogen) atoms. The average Bonchev–Trinajstić information content (AvgIpc) is 2.77. The summed E-state index contributed by atoms with van der Waals surface area (Å²) in [5.41, 5.74) is 3.12. The number of carbonyl (C=O) groups excluding carboxylic acids is 2. The van der Waals surface area contributed by atoms with E-state index in [2.05, 4.69) is 33.0 Å². The minimum absolute atomic E-state index is 0.0231. The molecule has 0 spiro atoms. The molecule has 0 aliphatic carbocycles. The molecule has 0 heterocycles. The number of nitrogens with one attached hydrogen (secondary N) is 1. The Kier molecular flexibility index (Phi) is 9.58. The highest BCUT2D eigenvalue weighted by Gasteiger charge is 2.26. The van der Waals surface area contributed by atoms with Gasteiger partial charge in [0.25, 0.3) is 5.91 Å². The van der Waals surface area contributed by atoms with Gasteiger partial charge in [0.1, 0.15) is 0 Å². The summed E-state index contributed by atoms with van der Waals surface area (Å²) in [5.74, 6) is -0.0412. The van der Waals surface area contributed by atoms with Gasteiger partial charge in [0.2, 0.25) is 5.91 Å². The van der Waals surface area contributed by atoms with E-state index in [1.165, 1.54) is 0 Å². The van der Waals surface area contributed by atoms with Crippen molar-refractivity contribution in [3.8, 4) is 0 Å². The van der Waals surface area contributed by atoms with Crippen LogP contribution in [0.25, 0.3) is 0 Å². The van der Waals surface area contributed by atoms with Gasteiger partial charge < -0.3 is 15.1 Å². The highest BCUT2D eigenvalue weighted by Crippen LogP contribution is 2.28. The van der Waals surface area contributed by atoms with Gasteiger partial charge in [0.15, 0.2) is 0 Å². The molecule has 1 atom stereocenters. The second-order valence-corrected chi connectivity index (χ2v) is 8.82. The summed E-state index contributed by atoms with van der Waals surface area (Å²) in [6, 6.07) is 12.9. The third-order valence-electron chi connectivity index (χ3n) is 6.02. The van der Waals surface area contributed by atoms with Crippen molar-refractivity contribution in [3.63, 3.8) is 0 Å². The molecule has 0 saturated carbocycles. The van der Waals surface area contributed by atoms with Gasteiger partial charge >= 0.3 is 0 Å². The van der Waals surface area contributed by atoms with E-state index >= 15 is 0 Å². The van der Waals surface area contributed by atoms with E-state index in [0.717, 1.165) is 30.5 Å².